The predicted octanol–water partition coefficient (Wildman–Crippen LogP) is 0.751. The fourth-order valence-corrected chi connectivity index (χ4v) is 0.386. The van der Waals surface area contributed by atoms with Crippen LogP contribution in [0.1, 0.15) is 5.56 Å². The molecule has 0 atom stereocenters. The number of hydrogen-bond acceptors (Lipinski definition) is 2. The third kappa shape index (κ3) is 2.69. The minimum atomic E-state index is 0. The van der Waals surface area contributed by atoms with Crippen LogP contribution in [-0.2, 0) is 32.7 Å². The van der Waals surface area contributed by atoms with Crippen LogP contribution in [0, 0.1) is 17.5 Å². The van der Waals surface area contributed by atoms with Crippen LogP contribution in [-0.4, -0.2) is 4.98 Å². The van der Waals surface area contributed by atoms with Gasteiger partial charge in [0, 0.05) is 32.7 Å². The van der Waals surface area contributed by atoms with Gasteiger partial charge in [0.2, 0.25) is 0 Å². The molecule has 3 heteroatoms. The Bertz CT molecular complexity index is 202. The molecule has 0 saturated heterocycles. The molecule has 0 aliphatic heterocycles. The molecule has 41 valence electrons. The molecule has 0 aliphatic rings. The maximum Gasteiger partial charge on any atom is 0.0740 e. The molecule has 0 N–H and O–H groups in total. The monoisotopic (exact) mass is 192 g/mol. The molecule has 0 unspecified atom stereocenters. The molecule has 0 amide bonds. The summed E-state index contributed by atoms with van der Waals surface area (Å²) in [5, 5.41) is 8.23. The van der Waals surface area contributed by atoms with Crippen LogP contribution >= 0.6 is 0 Å². The van der Waals surface area contributed by atoms with Gasteiger partial charge in [0.15, 0.2) is 0 Å². The van der Waals surface area contributed by atoms with Crippen molar-refractivity contribution in [3.05, 3.63) is 30.1 Å². The molecule has 0 fully saturated rings. The molecule has 9 heavy (non-hydrogen) atoms. The Morgan fingerprint density at radius 3 is 2.78 bits per heavy atom. The Morgan fingerprint density at radius 2 is 2.44 bits per heavy atom. The van der Waals surface area contributed by atoms with Crippen LogP contribution in [0.4, 0.5) is 0 Å². The zero-order chi connectivity index (χ0) is 5.82. The first kappa shape index (κ1) is 8.74. The predicted molar refractivity (Wildman–Crippen MR) is 27.8 cm³/mol. The van der Waals surface area contributed by atoms with Crippen molar-refractivity contribution in [3.63, 3.8) is 0 Å². The summed E-state index contributed by atoms with van der Waals surface area (Å²) in [5.41, 5.74) is 0.573. The van der Waals surface area contributed by atoms with Crippen molar-refractivity contribution in [2.24, 2.45) is 0 Å². The van der Waals surface area contributed by atoms with Gasteiger partial charge >= 0.3 is 0 Å². The SMILES string of the molecule is N#Cc1cc[c-]nc1.[Y]. The van der Waals surface area contributed by atoms with Crippen molar-refractivity contribution in [2.75, 3.05) is 0 Å². The second-order valence-corrected chi connectivity index (χ2v) is 1.29. The van der Waals surface area contributed by atoms with Gasteiger partial charge in [-0.1, -0.05) is 12.4 Å². The molecule has 2 nitrogen and oxygen atoms in total. The van der Waals surface area contributed by atoms with E-state index in [1.54, 1.807) is 12.1 Å². The van der Waals surface area contributed by atoms with Gasteiger partial charge in [0.25, 0.3) is 0 Å². The fourth-order valence-electron chi connectivity index (χ4n) is 0.386. The maximum absolute atomic E-state index is 8.23. The van der Waals surface area contributed by atoms with Crippen molar-refractivity contribution in [1.82, 2.24) is 4.98 Å². The van der Waals surface area contributed by atoms with Crippen LogP contribution in [0.2, 0.25) is 0 Å². The summed E-state index contributed by atoms with van der Waals surface area (Å²) >= 11 is 0. The van der Waals surface area contributed by atoms with Gasteiger partial charge < -0.3 is 4.98 Å². The third-order valence-electron chi connectivity index (χ3n) is 0.745. The Balaban J connectivity index is 0.000000640. The van der Waals surface area contributed by atoms with Gasteiger partial charge in [-0.3, -0.25) is 0 Å². The van der Waals surface area contributed by atoms with Crippen LogP contribution in [0.15, 0.2) is 18.3 Å². The summed E-state index contributed by atoms with van der Waals surface area (Å²) < 4.78 is 0. The van der Waals surface area contributed by atoms with E-state index in [9.17, 15) is 0 Å². The van der Waals surface area contributed by atoms with E-state index in [0.29, 0.717) is 5.56 Å². The Morgan fingerprint density at radius 1 is 1.67 bits per heavy atom. The summed E-state index contributed by atoms with van der Waals surface area (Å²) in [7, 11) is 0. The molecule has 0 aliphatic carbocycles. The normalized spacial score (nSPS) is 7.00. The number of pyridine rings is 1. The minimum absolute atomic E-state index is 0. The van der Waals surface area contributed by atoms with E-state index in [1.807, 2.05) is 6.07 Å². The van der Waals surface area contributed by atoms with Gasteiger partial charge in [-0.05, 0) is 5.56 Å². The molecular weight excluding hydrogens is 189 g/mol. The molecule has 0 bridgehead atoms. The average Bonchev–Trinajstić information content (AvgIpc) is 1.90. The topological polar surface area (TPSA) is 36.7 Å². The average molecular weight is 192 g/mol. The summed E-state index contributed by atoms with van der Waals surface area (Å²) in [6.45, 7) is 0. The molecule has 1 aromatic rings. The van der Waals surface area contributed by atoms with Crippen LogP contribution in [0.3, 0.4) is 0 Å². The number of nitrogens with zero attached hydrogens (tertiary/aromatic N) is 2. The number of hydrogen-bond donors (Lipinski definition) is 0. The van der Waals surface area contributed by atoms with Crippen LogP contribution in [0.5, 0.6) is 0 Å². The Labute approximate surface area is 78.8 Å². The van der Waals surface area contributed by atoms with Gasteiger partial charge in [0.1, 0.15) is 0 Å². The first-order chi connectivity index (χ1) is 3.93. The molecular formula is C6H3N2Y-. The van der Waals surface area contributed by atoms with E-state index in [2.05, 4.69) is 11.2 Å². The second-order valence-electron chi connectivity index (χ2n) is 1.29. The van der Waals surface area contributed by atoms with Crippen molar-refractivity contribution >= 4 is 0 Å². The summed E-state index contributed by atoms with van der Waals surface area (Å²) in [6, 6.07) is 5.21. The van der Waals surface area contributed by atoms with Crippen molar-refractivity contribution < 1.29 is 32.7 Å². The standard InChI is InChI=1S/C6H3N2.Y/c7-4-6-2-1-3-8-5-6;/h1-2,5H;/q-1;. The van der Waals surface area contributed by atoms with Gasteiger partial charge in [-0.2, -0.15) is 17.4 Å². The molecule has 1 heterocycles. The third-order valence-corrected chi connectivity index (χ3v) is 0.745. The quantitative estimate of drug-likeness (QED) is 0.568. The van der Waals surface area contributed by atoms with E-state index in [-0.39, 0.29) is 32.7 Å². The molecule has 0 aromatic carbocycles. The summed E-state index contributed by atoms with van der Waals surface area (Å²) in [5.74, 6) is 0. The second kappa shape index (κ2) is 4.61. The van der Waals surface area contributed by atoms with E-state index in [0.717, 1.165) is 0 Å². The van der Waals surface area contributed by atoms with Gasteiger partial charge in [0.05, 0.1) is 6.07 Å². The molecule has 0 saturated carbocycles. The zero-order valence-corrected chi connectivity index (χ0v) is 7.54. The van der Waals surface area contributed by atoms with Crippen molar-refractivity contribution in [1.29, 1.82) is 5.26 Å². The van der Waals surface area contributed by atoms with Crippen LogP contribution in [0.25, 0.3) is 0 Å². The summed E-state index contributed by atoms with van der Waals surface area (Å²) in [4.78, 5) is 3.61. The van der Waals surface area contributed by atoms with Gasteiger partial charge in [-0.15, -0.1) is 0 Å². The fraction of sp³-hybridized carbons (Fsp3) is 0. The largest absolute Gasteiger partial charge is 0.393 e. The molecule has 1 aromatic heterocycles. The number of aromatic nitrogens is 1. The summed E-state index contributed by atoms with van der Waals surface area (Å²) in [6.07, 6.45) is 4.04. The van der Waals surface area contributed by atoms with Crippen molar-refractivity contribution in [2.45, 2.75) is 0 Å². The first-order valence-corrected chi connectivity index (χ1v) is 2.15. The van der Waals surface area contributed by atoms with E-state index in [1.165, 1.54) is 6.20 Å². The van der Waals surface area contributed by atoms with Gasteiger partial charge in [-0.25, -0.2) is 0 Å². The molecule has 1 rings (SSSR count). The number of rotatable bonds is 0. The first-order valence-electron chi connectivity index (χ1n) is 2.15. The Hall–Kier alpha value is -0.256. The van der Waals surface area contributed by atoms with Crippen LogP contribution < -0.4 is 0 Å². The Kier molecular flexibility index (Phi) is 4.48. The smallest absolute Gasteiger partial charge is 0.0740 e. The maximum atomic E-state index is 8.23. The minimum Gasteiger partial charge on any atom is -0.393 e. The molecule has 1 radical (unpaired) electrons. The van der Waals surface area contributed by atoms with E-state index in [4.69, 9.17) is 5.26 Å². The number of nitriles is 1. The molecule has 0 spiro atoms. The van der Waals surface area contributed by atoms with E-state index < -0.39 is 0 Å². The van der Waals surface area contributed by atoms with Crippen molar-refractivity contribution in [3.8, 4) is 6.07 Å². The zero-order valence-electron chi connectivity index (χ0n) is 4.70. The van der Waals surface area contributed by atoms with E-state index >= 15 is 0 Å².